The first-order valence-electron chi connectivity index (χ1n) is 5.62. The van der Waals surface area contributed by atoms with Crippen molar-refractivity contribution in [1.82, 2.24) is 15.5 Å². The first kappa shape index (κ1) is 12.8. The number of nitrogens with zero attached hydrogens (tertiary/aromatic N) is 1. The number of halogens is 1. The summed E-state index contributed by atoms with van der Waals surface area (Å²) in [5, 5.41) is 9.89. The molecule has 0 bridgehead atoms. The third-order valence-electron chi connectivity index (χ3n) is 2.82. The standard InChI is InChI=1S/C13H14BrN3O/c1-8-11(9(2)17-16-8)7-15-13(18)10-5-3-4-6-12(10)14/h3-6H,7H2,1-2H3,(H,15,18)(H,16,17). The van der Waals surface area contributed by atoms with Gasteiger partial charge in [-0.05, 0) is 41.9 Å². The number of aromatic amines is 1. The molecule has 1 amide bonds. The third-order valence-corrected chi connectivity index (χ3v) is 3.52. The monoisotopic (exact) mass is 307 g/mol. The topological polar surface area (TPSA) is 57.8 Å². The molecule has 2 aromatic rings. The summed E-state index contributed by atoms with van der Waals surface area (Å²) in [5.41, 5.74) is 3.58. The third kappa shape index (κ3) is 2.61. The van der Waals surface area contributed by atoms with Crippen LogP contribution in [0.4, 0.5) is 0 Å². The molecule has 1 aromatic carbocycles. The number of hydrogen-bond acceptors (Lipinski definition) is 2. The van der Waals surface area contributed by atoms with Crippen LogP contribution in [0.5, 0.6) is 0 Å². The van der Waals surface area contributed by atoms with Crippen LogP contribution in [0.25, 0.3) is 0 Å². The van der Waals surface area contributed by atoms with Crippen LogP contribution in [-0.4, -0.2) is 16.1 Å². The molecule has 1 heterocycles. The molecule has 0 fully saturated rings. The molecule has 94 valence electrons. The van der Waals surface area contributed by atoms with E-state index < -0.39 is 0 Å². The van der Waals surface area contributed by atoms with Gasteiger partial charge in [0.15, 0.2) is 0 Å². The Kier molecular flexibility index (Phi) is 3.81. The highest BCUT2D eigenvalue weighted by molar-refractivity contribution is 9.10. The Hall–Kier alpha value is -1.62. The molecule has 0 spiro atoms. The number of H-pyrrole nitrogens is 1. The van der Waals surface area contributed by atoms with E-state index in [1.807, 2.05) is 32.0 Å². The number of aromatic nitrogens is 2. The lowest BCUT2D eigenvalue weighted by molar-refractivity contribution is 0.0950. The van der Waals surface area contributed by atoms with E-state index in [0.29, 0.717) is 12.1 Å². The summed E-state index contributed by atoms with van der Waals surface area (Å²) < 4.78 is 0.795. The van der Waals surface area contributed by atoms with Gasteiger partial charge in [-0.3, -0.25) is 9.89 Å². The number of nitrogens with one attached hydrogen (secondary N) is 2. The molecule has 0 atom stereocenters. The molecule has 0 aliphatic carbocycles. The maximum Gasteiger partial charge on any atom is 0.252 e. The van der Waals surface area contributed by atoms with Crippen molar-refractivity contribution in [1.29, 1.82) is 0 Å². The van der Waals surface area contributed by atoms with E-state index in [1.54, 1.807) is 6.07 Å². The largest absolute Gasteiger partial charge is 0.348 e. The van der Waals surface area contributed by atoms with Crippen LogP contribution < -0.4 is 5.32 Å². The summed E-state index contributed by atoms with van der Waals surface area (Å²) in [4.78, 5) is 12.0. The van der Waals surface area contributed by atoms with Crippen LogP contribution in [0.2, 0.25) is 0 Å². The number of hydrogen-bond donors (Lipinski definition) is 2. The Morgan fingerprint density at radius 1 is 1.39 bits per heavy atom. The molecular weight excluding hydrogens is 294 g/mol. The Labute approximate surface area is 114 Å². The Balaban J connectivity index is 2.08. The van der Waals surface area contributed by atoms with Crippen molar-refractivity contribution in [2.24, 2.45) is 0 Å². The Morgan fingerprint density at radius 3 is 2.72 bits per heavy atom. The molecule has 5 heteroatoms. The number of rotatable bonds is 3. The van der Waals surface area contributed by atoms with Gasteiger partial charge in [0.25, 0.3) is 5.91 Å². The highest BCUT2D eigenvalue weighted by Crippen LogP contribution is 2.16. The zero-order valence-electron chi connectivity index (χ0n) is 10.2. The van der Waals surface area contributed by atoms with Gasteiger partial charge in [-0.25, -0.2) is 0 Å². The lowest BCUT2D eigenvalue weighted by Gasteiger charge is -2.07. The fraction of sp³-hybridized carbons (Fsp3) is 0.231. The molecule has 0 saturated heterocycles. The number of carbonyl (C=O) groups excluding carboxylic acids is 1. The SMILES string of the molecule is Cc1n[nH]c(C)c1CNC(=O)c1ccccc1Br. The summed E-state index contributed by atoms with van der Waals surface area (Å²) in [6.07, 6.45) is 0. The van der Waals surface area contributed by atoms with Gasteiger partial charge in [0.2, 0.25) is 0 Å². The molecule has 0 radical (unpaired) electrons. The molecule has 2 N–H and O–H groups in total. The number of benzene rings is 1. The fourth-order valence-corrected chi connectivity index (χ4v) is 2.21. The smallest absolute Gasteiger partial charge is 0.252 e. The van der Waals surface area contributed by atoms with Crippen molar-refractivity contribution in [3.63, 3.8) is 0 Å². The molecule has 0 aliphatic rings. The molecule has 4 nitrogen and oxygen atoms in total. The molecule has 0 unspecified atom stereocenters. The van der Waals surface area contributed by atoms with Crippen molar-refractivity contribution in [2.75, 3.05) is 0 Å². The van der Waals surface area contributed by atoms with Gasteiger partial charge in [0, 0.05) is 22.3 Å². The fourth-order valence-electron chi connectivity index (χ4n) is 1.74. The summed E-state index contributed by atoms with van der Waals surface area (Å²) in [5.74, 6) is -0.0949. The lowest BCUT2D eigenvalue weighted by Crippen LogP contribution is -2.23. The van der Waals surface area contributed by atoms with Crippen LogP contribution >= 0.6 is 15.9 Å². The van der Waals surface area contributed by atoms with Crippen molar-refractivity contribution >= 4 is 21.8 Å². The molecule has 0 saturated carbocycles. The number of amides is 1. The van der Waals surface area contributed by atoms with E-state index in [1.165, 1.54) is 0 Å². The van der Waals surface area contributed by atoms with E-state index in [9.17, 15) is 4.79 Å². The van der Waals surface area contributed by atoms with Crippen LogP contribution in [0, 0.1) is 13.8 Å². The summed E-state index contributed by atoms with van der Waals surface area (Å²) in [6.45, 7) is 4.34. The van der Waals surface area contributed by atoms with E-state index in [4.69, 9.17) is 0 Å². The van der Waals surface area contributed by atoms with Gasteiger partial charge < -0.3 is 5.32 Å². The predicted octanol–water partition coefficient (Wildman–Crippen LogP) is 2.72. The molecule has 18 heavy (non-hydrogen) atoms. The molecular formula is C13H14BrN3O. The van der Waals surface area contributed by atoms with Crippen molar-refractivity contribution in [2.45, 2.75) is 20.4 Å². The Morgan fingerprint density at radius 2 is 2.11 bits per heavy atom. The quantitative estimate of drug-likeness (QED) is 0.916. The summed E-state index contributed by atoms with van der Waals surface area (Å²) >= 11 is 3.37. The van der Waals surface area contributed by atoms with Gasteiger partial charge in [-0.1, -0.05) is 12.1 Å². The Bertz CT molecular complexity index is 558. The van der Waals surface area contributed by atoms with Crippen LogP contribution in [0.1, 0.15) is 27.3 Å². The van der Waals surface area contributed by atoms with E-state index in [0.717, 1.165) is 21.4 Å². The maximum absolute atomic E-state index is 12.0. The van der Waals surface area contributed by atoms with Gasteiger partial charge >= 0.3 is 0 Å². The number of carbonyl (C=O) groups is 1. The minimum Gasteiger partial charge on any atom is -0.348 e. The molecule has 0 aliphatic heterocycles. The highest BCUT2D eigenvalue weighted by Gasteiger charge is 2.11. The summed E-state index contributed by atoms with van der Waals surface area (Å²) in [6, 6.07) is 7.36. The minimum absolute atomic E-state index is 0.0949. The van der Waals surface area contributed by atoms with Gasteiger partial charge in [0.1, 0.15) is 0 Å². The van der Waals surface area contributed by atoms with Gasteiger partial charge in [-0.15, -0.1) is 0 Å². The lowest BCUT2D eigenvalue weighted by atomic mass is 10.2. The van der Waals surface area contributed by atoms with Crippen molar-refractivity contribution < 1.29 is 4.79 Å². The number of aryl methyl sites for hydroxylation is 2. The van der Waals surface area contributed by atoms with E-state index in [2.05, 4.69) is 31.4 Å². The molecule has 1 aromatic heterocycles. The minimum atomic E-state index is -0.0949. The second-order valence-corrected chi connectivity index (χ2v) is 4.93. The first-order chi connectivity index (χ1) is 8.59. The van der Waals surface area contributed by atoms with Crippen LogP contribution in [0.15, 0.2) is 28.7 Å². The van der Waals surface area contributed by atoms with Crippen molar-refractivity contribution in [3.05, 3.63) is 51.3 Å². The second-order valence-electron chi connectivity index (χ2n) is 4.08. The van der Waals surface area contributed by atoms with Gasteiger partial charge in [0.05, 0.1) is 11.3 Å². The second kappa shape index (κ2) is 5.35. The zero-order chi connectivity index (χ0) is 13.1. The van der Waals surface area contributed by atoms with E-state index in [-0.39, 0.29) is 5.91 Å². The normalized spacial score (nSPS) is 10.4. The molecule has 2 rings (SSSR count). The van der Waals surface area contributed by atoms with Crippen molar-refractivity contribution in [3.8, 4) is 0 Å². The predicted molar refractivity (Wildman–Crippen MR) is 73.4 cm³/mol. The van der Waals surface area contributed by atoms with Gasteiger partial charge in [-0.2, -0.15) is 5.10 Å². The highest BCUT2D eigenvalue weighted by atomic mass is 79.9. The summed E-state index contributed by atoms with van der Waals surface area (Å²) in [7, 11) is 0. The average Bonchev–Trinajstić information content (AvgIpc) is 2.67. The zero-order valence-corrected chi connectivity index (χ0v) is 11.8. The maximum atomic E-state index is 12.0. The van der Waals surface area contributed by atoms with Crippen LogP contribution in [0.3, 0.4) is 0 Å². The van der Waals surface area contributed by atoms with Crippen LogP contribution in [-0.2, 0) is 6.54 Å². The van der Waals surface area contributed by atoms with E-state index >= 15 is 0 Å². The average molecular weight is 308 g/mol. The first-order valence-corrected chi connectivity index (χ1v) is 6.42.